The zero-order valence-corrected chi connectivity index (χ0v) is 17.7. The van der Waals surface area contributed by atoms with Crippen molar-refractivity contribution in [3.8, 4) is 5.69 Å². The lowest BCUT2D eigenvalue weighted by Crippen LogP contribution is -2.27. The van der Waals surface area contributed by atoms with E-state index in [2.05, 4.69) is 10.4 Å². The maximum absolute atomic E-state index is 13.2. The lowest BCUT2D eigenvalue weighted by molar-refractivity contribution is -0.120. The summed E-state index contributed by atoms with van der Waals surface area (Å²) < 4.78 is 39.4. The Kier molecular flexibility index (Phi) is 6.66. The molecule has 3 rings (SSSR count). The average Bonchev–Trinajstić information content (AvgIpc) is 3.01. The molecule has 1 N–H and O–H groups in total. The van der Waals surface area contributed by atoms with Gasteiger partial charge in [0.2, 0.25) is 5.91 Å². The van der Waals surface area contributed by atoms with Gasteiger partial charge in [0, 0.05) is 17.8 Å². The summed E-state index contributed by atoms with van der Waals surface area (Å²) in [5, 5.41) is 7.24. The first-order valence-electron chi connectivity index (χ1n) is 9.63. The van der Waals surface area contributed by atoms with Crippen molar-refractivity contribution in [1.29, 1.82) is 0 Å². The van der Waals surface area contributed by atoms with Gasteiger partial charge >= 0.3 is 0 Å². The van der Waals surface area contributed by atoms with Gasteiger partial charge in [0.1, 0.15) is 5.82 Å². The lowest BCUT2D eigenvalue weighted by Gasteiger charge is -2.08. The van der Waals surface area contributed by atoms with Gasteiger partial charge in [0.15, 0.2) is 9.84 Å². The fourth-order valence-electron chi connectivity index (χ4n) is 3.22. The smallest absolute Gasteiger partial charge is 0.224 e. The van der Waals surface area contributed by atoms with Crippen LogP contribution in [0, 0.1) is 19.7 Å². The number of amides is 1. The molecule has 0 fully saturated rings. The molecule has 0 aliphatic heterocycles. The zero-order valence-electron chi connectivity index (χ0n) is 16.9. The molecule has 0 unspecified atom stereocenters. The molecule has 0 aliphatic carbocycles. The number of sulfone groups is 1. The second-order valence-electron chi connectivity index (χ2n) is 7.05. The number of carbonyl (C=O) groups is 1. The van der Waals surface area contributed by atoms with E-state index in [1.807, 2.05) is 13.8 Å². The second kappa shape index (κ2) is 9.21. The number of nitrogens with zero attached hydrogens (tertiary/aromatic N) is 2. The third-order valence-electron chi connectivity index (χ3n) is 4.86. The van der Waals surface area contributed by atoms with Crippen LogP contribution < -0.4 is 5.32 Å². The summed E-state index contributed by atoms with van der Waals surface area (Å²) in [4.78, 5) is 12.6. The largest absolute Gasteiger partial charge is 0.356 e. The van der Waals surface area contributed by atoms with Gasteiger partial charge in [-0.1, -0.05) is 18.2 Å². The highest BCUT2D eigenvalue weighted by molar-refractivity contribution is 7.91. The van der Waals surface area contributed by atoms with Crippen LogP contribution in [0.3, 0.4) is 0 Å². The predicted octanol–water partition coefficient (Wildman–Crippen LogP) is 3.15. The molecule has 30 heavy (non-hydrogen) atoms. The first-order chi connectivity index (χ1) is 14.3. The zero-order chi connectivity index (χ0) is 21.7. The molecule has 3 aromatic rings. The van der Waals surface area contributed by atoms with Crippen molar-refractivity contribution >= 4 is 15.7 Å². The van der Waals surface area contributed by atoms with Crippen LogP contribution in [-0.4, -0.2) is 36.4 Å². The standard InChI is InChI=1S/C22H24FN3O3S/c1-16-21(17(2)26(25-16)19-11-9-18(23)10-12-19)15-22(27)24-13-6-14-30(28,29)20-7-4-3-5-8-20/h3-5,7-12H,6,13-15H2,1-2H3,(H,24,27). The minimum atomic E-state index is -3.35. The van der Waals surface area contributed by atoms with E-state index in [0.29, 0.717) is 6.42 Å². The number of hydrogen-bond donors (Lipinski definition) is 1. The minimum Gasteiger partial charge on any atom is -0.356 e. The molecule has 2 aromatic carbocycles. The molecule has 0 saturated carbocycles. The third-order valence-corrected chi connectivity index (χ3v) is 6.68. The van der Waals surface area contributed by atoms with E-state index in [4.69, 9.17) is 0 Å². The van der Waals surface area contributed by atoms with Crippen molar-refractivity contribution < 1.29 is 17.6 Å². The highest BCUT2D eigenvalue weighted by atomic mass is 32.2. The number of aromatic nitrogens is 2. The molecule has 0 saturated heterocycles. The summed E-state index contributed by atoms with van der Waals surface area (Å²) in [5.41, 5.74) is 3.04. The summed E-state index contributed by atoms with van der Waals surface area (Å²) in [5.74, 6) is -0.552. The van der Waals surface area contributed by atoms with Gasteiger partial charge in [0.05, 0.1) is 28.5 Å². The van der Waals surface area contributed by atoms with Crippen LogP contribution >= 0.6 is 0 Å². The number of carbonyl (C=O) groups excluding carboxylic acids is 1. The van der Waals surface area contributed by atoms with E-state index in [1.54, 1.807) is 47.1 Å². The molecule has 8 heteroatoms. The highest BCUT2D eigenvalue weighted by Gasteiger charge is 2.17. The first kappa shape index (κ1) is 21.7. The molecule has 0 aliphatic rings. The molecule has 6 nitrogen and oxygen atoms in total. The number of halogens is 1. The quantitative estimate of drug-likeness (QED) is 0.558. The molecule has 1 amide bonds. The lowest BCUT2D eigenvalue weighted by atomic mass is 10.1. The number of rotatable bonds is 8. The van der Waals surface area contributed by atoms with Crippen molar-refractivity contribution in [1.82, 2.24) is 15.1 Å². The van der Waals surface area contributed by atoms with Crippen LogP contribution in [-0.2, 0) is 21.1 Å². The Morgan fingerprint density at radius 3 is 2.40 bits per heavy atom. The molecule has 1 heterocycles. The Morgan fingerprint density at radius 2 is 1.73 bits per heavy atom. The maximum Gasteiger partial charge on any atom is 0.224 e. The van der Waals surface area contributed by atoms with E-state index in [0.717, 1.165) is 22.6 Å². The van der Waals surface area contributed by atoms with Crippen molar-refractivity contribution in [2.75, 3.05) is 12.3 Å². The van der Waals surface area contributed by atoms with Gasteiger partial charge in [-0.3, -0.25) is 4.79 Å². The molecule has 0 bridgehead atoms. The Morgan fingerprint density at radius 1 is 1.07 bits per heavy atom. The van der Waals surface area contributed by atoms with Crippen LogP contribution in [0.4, 0.5) is 4.39 Å². The van der Waals surface area contributed by atoms with Gasteiger partial charge in [-0.15, -0.1) is 0 Å². The predicted molar refractivity (Wildman–Crippen MR) is 113 cm³/mol. The first-order valence-corrected chi connectivity index (χ1v) is 11.3. The fourth-order valence-corrected chi connectivity index (χ4v) is 4.56. The van der Waals surface area contributed by atoms with Gasteiger partial charge in [-0.05, 0) is 56.7 Å². The van der Waals surface area contributed by atoms with Crippen molar-refractivity contribution in [2.24, 2.45) is 0 Å². The van der Waals surface area contributed by atoms with Crippen LogP contribution in [0.5, 0.6) is 0 Å². The van der Waals surface area contributed by atoms with E-state index in [9.17, 15) is 17.6 Å². The molecule has 158 valence electrons. The SMILES string of the molecule is Cc1nn(-c2ccc(F)cc2)c(C)c1CC(=O)NCCCS(=O)(=O)c1ccccc1. The summed E-state index contributed by atoms with van der Waals surface area (Å²) in [6.07, 6.45) is 0.472. The van der Waals surface area contributed by atoms with Crippen molar-refractivity contribution in [3.63, 3.8) is 0 Å². The van der Waals surface area contributed by atoms with Crippen molar-refractivity contribution in [2.45, 2.75) is 31.6 Å². The van der Waals surface area contributed by atoms with E-state index in [1.165, 1.54) is 12.1 Å². The number of aryl methyl sites for hydroxylation is 1. The van der Waals surface area contributed by atoms with Gasteiger partial charge < -0.3 is 5.32 Å². The molecule has 0 radical (unpaired) electrons. The molecule has 0 spiro atoms. The topological polar surface area (TPSA) is 81.1 Å². The third kappa shape index (κ3) is 5.13. The molecule has 1 aromatic heterocycles. The summed E-state index contributed by atoms with van der Waals surface area (Å²) in [7, 11) is -3.35. The van der Waals surface area contributed by atoms with Gasteiger partial charge in [-0.25, -0.2) is 17.5 Å². The molecular formula is C22H24FN3O3S. The Bertz CT molecular complexity index is 1120. The van der Waals surface area contributed by atoms with Crippen LogP contribution in [0.15, 0.2) is 59.5 Å². The highest BCUT2D eigenvalue weighted by Crippen LogP contribution is 2.19. The van der Waals surface area contributed by atoms with E-state index >= 15 is 0 Å². The Labute approximate surface area is 175 Å². The molecular weight excluding hydrogens is 405 g/mol. The Balaban J connectivity index is 1.56. The second-order valence-corrected chi connectivity index (χ2v) is 9.16. The summed E-state index contributed by atoms with van der Waals surface area (Å²) in [6, 6.07) is 14.3. The number of nitrogens with one attached hydrogen (secondary N) is 1. The number of benzene rings is 2. The number of hydrogen-bond acceptors (Lipinski definition) is 4. The maximum atomic E-state index is 13.2. The Hall–Kier alpha value is -3.00. The minimum absolute atomic E-state index is 0.0299. The van der Waals surface area contributed by atoms with Gasteiger partial charge in [-0.2, -0.15) is 5.10 Å². The van der Waals surface area contributed by atoms with Gasteiger partial charge in [0.25, 0.3) is 0 Å². The van der Waals surface area contributed by atoms with Crippen LogP contribution in [0.1, 0.15) is 23.4 Å². The van der Waals surface area contributed by atoms with Crippen molar-refractivity contribution in [3.05, 3.63) is 77.4 Å². The fraction of sp³-hybridized carbons (Fsp3) is 0.273. The van der Waals surface area contributed by atoms with E-state index < -0.39 is 9.84 Å². The summed E-state index contributed by atoms with van der Waals surface area (Å²) in [6.45, 7) is 3.95. The van der Waals surface area contributed by atoms with Crippen LogP contribution in [0.25, 0.3) is 5.69 Å². The van der Waals surface area contributed by atoms with Crippen LogP contribution in [0.2, 0.25) is 0 Å². The average molecular weight is 430 g/mol. The summed E-state index contributed by atoms with van der Waals surface area (Å²) >= 11 is 0. The van der Waals surface area contributed by atoms with E-state index in [-0.39, 0.29) is 35.3 Å². The monoisotopic (exact) mass is 429 g/mol. The molecule has 0 atom stereocenters. The normalized spacial score (nSPS) is 11.4.